The van der Waals surface area contributed by atoms with Gasteiger partial charge in [-0.25, -0.2) is 0 Å². The van der Waals surface area contributed by atoms with Crippen LogP contribution in [0.4, 0.5) is 0 Å². The number of para-hydroxylation sites is 1. The Balaban J connectivity index is 1.68. The predicted octanol–water partition coefficient (Wildman–Crippen LogP) is 5.59. The van der Waals surface area contributed by atoms with Gasteiger partial charge in [-0.15, -0.1) is 0 Å². The molecule has 5 rings (SSSR count). The third-order valence-corrected chi connectivity index (χ3v) is 5.72. The Morgan fingerprint density at radius 2 is 1.52 bits per heavy atom. The fourth-order valence-electron chi connectivity index (χ4n) is 3.94. The molecule has 0 unspecified atom stereocenters. The van der Waals surface area contributed by atoms with Crippen molar-refractivity contribution in [2.24, 2.45) is 0 Å². The van der Waals surface area contributed by atoms with Crippen molar-refractivity contribution in [3.63, 3.8) is 0 Å². The van der Waals surface area contributed by atoms with Gasteiger partial charge in [-0.05, 0) is 53.4 Å². The monoisotopic (exact) mass is 452 g/mol. The quantitative estimate of drug-likeness (QED) is 0.275. The van der Waals surface area contributed by atoms with Crippen LogP contribution < -0.4 is 11.1 Å². The van der Waals surface area contributed by atoms with Crippen molar-refractivity contribution < 1.29 is 4.79 Å². The first-order valence-electron chi connectivity index (χ1n) is 10.3. The van der Waals surface area contributed by atoms with E-state index in [1.54, 1.807) is 30.3 Å². The van der Waals surface area contributed by atoms with Gasteiger partial charge in [0.1, 0.15) is 0 Å². The van der Waals surface area contributed by atoms with Crippen LogP contribution in [0.3, 0.4) is 0 Å². The Labute approximate surface area is 193 Å². The minimum Gasteiger partial charge on any atom is -0.321 e. The standard InChI is InChI=1S/C27H17ClN2O3/c28-19-11-12-22-20(15-19)24(16-6-2-1-3-7-16)25(27(33)30-22)23(31)13-10-18-14-17-8-4-5-9-21(17)29-26(18)32/h1-15H,(H,29,32)(H,30,33)/b13-10+. The molecule has 0 spiro atoms. The average molecular weight is 453 g/mol. The Bertz CT molecular complexity index is 1680. The van der Waals surface area contributed by atoms with Crippen LogP contribution in [0.1, 0.15) is 15.9 Å². The third kappa shape index (κ3) is 3.90. The van der Waals surface area contributed by atoms with E-state index in [1.165, 1.54) is 12.2 Å². The number of pyridine rings is 2. The van der Waals surface area contributed by atoms with Gasteiger partial charge in [-0.3, -0.25) is 14.4 Å². The molecule has 0 amide bonds. The first kappa shape index (κ1) is 20.7. The van der Waals surface area contributed by atoms with Gasteiger partial charge in [0.25, 0.3) is 11.1 Å². The Kier molecular flexibility index (Phi) is 5.24. The van der Waals surface area contributed by atoms with Crippen LogP contribution in [-0.2, 0) is 0 Å². The second-order valence-corrected chi connectivity index (χ2v) is 8.04. The van der Waals surface area contributed by atoms with E-state index in [4.69, 9.17) is 11.6 Å². The van der Waals surface area contributed by atoms with Gasteiger partial charge in [-0.2, -0.15) is 0 Å². The topological polar surface area (TPSA) is 82.8 Å². The summed E-state index contributed by atoms with van der Waals surface area (Å²) in [4.78, 5) is 44.3. The number of carbonyl (C=O) groups is 1. The highest BCUT2D eigenvalue weighted by molar-refractivity contribution is 6.31. The predicted molar refractivity (Wildman–Crippen MR) is 133 cm³/mol. The van der Waals surface area contributed by atoms with Gasteiger partial charge in [0.2, 0.25) is 0 Å². The van der Waals surface area contributed by atoms with Crippen LogP contribution >= 0.6 is 11.6 Å². The highest BCUT2D eigenvalue weighted by Gasteiger charge is 2.19. The Morgan fingerprint density at radius 3 is 2.33 bits per heavy atom. The van der Waals surface area contributed by atoms with Gasteiger partial charge < -0.3 is 9.97 Å². The van der Waals surface area contributed by atoms with Gasteiger partial charge in [-0.1, -0.05) is 60.1 Å². The molecule has 0 saturated carbocycles. The number of halogens is 1. The SMILES string of the molecule is O=C(/C=C/c1cc2ccccc2[nH]c1=O)c1c(-c2ccccc2)c2cc(Cl)ccc2[nH]c1=O. The van der Waals surface area contributed by atoms with Crippen LogP contribution in [0.5, 0.6) is 0 Å². The molecule has 160 valence electrons. The number of fused-ring (bicyclic) bond motifs is 2. The van der Waals surface area contributed by atoms with Gasteiger partial charge in [0.05, 0.1) is 5.56 Å². The molecule has 0 saturated heterocycles. The molecule has 0 aliphatic carbocycles. The zero-order chi connectivity index (χ0) is 22.9. The fourth-order valence-corrected chi connectivity index (χ4v) is 4.11. The Morgan fingerprint density at radius 1 is 0.788 bits per heavy atom. The maximum absolute atomic E-state index is 13.3. The number of allylic oxidation sites excluding steroid dienone is 1. The van der Waals surface area contributed by atoms with Gasteiger partial charge in [0.15, 0.2) is 5.78 Å². The maximum Gasteiger partial charge on any atom is 0.260 e. The molecule has 3 aromatic carbocycles. The van der Waals surface area contributed by atoms with Gasteiger partial charge in [0, 0.05) is 32.6 Å². The number of nitrogens with one attached hydrogen (secondary N) is 2. The molecule has 0 bridgehead atoms. The minimum atomic E-state index is -0.510. The van der Waals surface area contributed by atoms with E-state index in [0.29, 0.717) is 32.6 Å². The molecule has 33 heavy (non-hydrogen) atoms. The number of H-pyrrole nitrogens is 2. The fraction of sp³-hybridized carbons (Fsp3) is 0. The first-order chi connectivity index (χ1) is 16.0. The smallest absolute Gasteiger partial charge is 0.260 e. The second-order valence-electron chi connectivity index (χ2n) is 7.60. The Hall–Kier alpha value is -4.22. The number of hydrogen-bond acceptors (Lipinski definition) is 3. The molecule has 6 heteroatoms. The number of carbonyl (C=O) groups excluding carboxylic acids is 1. The number of rotatable bonds is 4. The summed E-state index contributed by atoms with van der Waals surface area (Å²) >= 11 is 6.23. The van der Waals surface area contributed by atoms with Crippen LogP contribution in [-0.4, -0.2) is 15.8 Å². The minimum absolute atomic E-state index is 0.00978. The van der Waals surface area contributed by atoms with E-state index in [0.717, 1.165) is 10.9 Å². The highest BCUT2D eigenvalue weighted by Crippen LogP contribution is 2.31. The summed E-state index contributed by atoms with van der Waals surface area (Å²) in [5.41, 5.74) is 1.99. The number of benzene rings is 3. The summed E-state index contributed by atoms with van der Waals surface area (Å²) in [7, 11) is 0. The molecular weight excluding hydrogens is 436 g/mol. The van der Waals surface area contributed by atoms with Crippen molar-refractivity contribution in [3.8, 4) is 11.1 Å². The lowest BCUT2D eigenvalue weighted by Gasteiger charge is -2.11. The van der Waals surface area contributed by atoms with Crippen molar-refractivity contribution in [2.45, 2.75) is 0 Å². The average Bonchev–Trinajstić information content (AvgIpc) is 2.82. The van der Waals surface area contributed by atoms with Crippen LogP contribution in [0.15, 0.2) is 94.5 Å². The largest absolute Gasteiger partial charge is 0.321 e. The van der Waals surface area contributed by atoms with Crippen LogP contribution in [0, 0.1) is 0 Å². The zero-order valence-corrected chi connectivity index (χ0v) is 18.0. The summed E-state index contributed by atoms with van der Waals surface area (Å²) in [5, 5.41) is 1.99. The molecule has 2 N–H and O–H groups in total. The van der Waals surface area contributed by atoms with Crippen LogP contribution in [0.25, 0.3) is 39.0 Å². The maximum atomic E-state index is 13.3. The molecule has 0 aliphatic heterocycles. The molecular formula is C27H17ClN2O3. The molecule has 2 aromatic heterocycles. The second kappa shape index (κ2) is 8.37. The molecule has 5 aromatic rings. The molecule has 0 radical (unpaired) electrons. The highest BCUT2D eigenvalue weighted by atomic mass is 35.5. The summed E-state index contributed by atoms with van der Waals surface area (Å²) in [6, 6.07) is 23.4. The first-order valence-corrected chi connectivity index (χ1v) is 10.6. The lowest BCUT2D eigenvalue weighted by Crippen LogP contribution is -2.19. The summed E-state index contributed by atoms with van der Waals surface area (Å²) < 4.78 is 0. The van der Waals surface area contributed by atoms with E-state index < -0.39 is 11.3 Å². The molecule has 0 atom stereocenters. The number of aromatic amines is 2. The van der Waals surface area contributed by atoms with Crippen molar-refractivity contribution in [1.29, 1.82) is 0 Å². The zero-order valence-electron chi connectivity index (χ0n) is 17.3. The van der Waals surface area contributed by atoms with E-state index in [-0.39, 0.29) is 11.1 Å². The third-order valence-electron chi connectivity index (χ3n) is 5.48. The lowest BCUT2D eigenvalue weighted by atomic mass is 9.94. The van der Waals surface area contributed by atoms with E-state index in [9.17, 15) is 14.4 Å². The summed E-state index contributed by atoms with van der Waals surface area (Å²) in [5.74, 6) is -0.510. The van der Waals surface area contributed by atoms with E-state index in [1.807, 2.05) is 48.5 Å². The summed E-state index contributed by atoms with van der Waals surface area (Å²) in [6.07, 6.45) is 2.69. The van der Waals surface area contributed by atoms with Gasteiger partial charge >= 0.3 is 0 Å². The number of hydrogen-bond donors (Lipinski definition) is 2. The normalized spacial score (nSPS) is 11.4. The van der Waals surface area contributed by atoms with Crippen molar-refractivity contribution >= 4 is 45.3 Å². The molecule has 0 fully saturated rings. The van der Waals surface area contributed by atoms with E-state index in [2.05, 4.69) is 9.97 Å². The molecule has 5 nitrogen and oxygen atoms in total. The van der Waals surface area contributed by atoms with Crippen molar-refractivity contribution in [2.75, 3.05) is 0 Å². The number of aromatic nitrogens is 2. The van der Waals surface area contributed by atoms with E-state index >= 15 is 0 Å². The van der Waals surface area contributed by atoms with Crippen molar-refractivity contribution in [3.05, 3.63) is 122 Å². The van der Waals surface area contributed by atoms with Crippen molar-refractivity contribution in [1.82, 2.24) is 9.97 Å². The number of ketones is 1. The summed E-state index contributed by atoms with van der Waals surface area (Å²) in [6.45, 7) is 0. The molecule has 2 heterocycles. The molecule has 0 aliphatic rings. The lowest BCUT2D eigenvalue weighted by molar-refractivity contribution is 0.104. The van der Waals surface area contributed by atoms with Crippen LogP contribution in [0.2, 0.25) is 5.02 Å².